The number of fused-ring (bicyclic) bond motifs is 1. The molecule has 3 rings (SSSR count). The number of sulfonamides is 1. The number of anilines is 1. The first-order valence-corrected chi connectivity index (χ1v) is 10.6. The second kappa shape index (κ2) is 8.07. The molecule has 28 heavy (non-hydrogen) atoms. The number of methoxy groups -OCH3 is 2. The predicted molar refractivity (Wildman–Crippen MR) is 108 cm³/mol. The van der Waals surface area contributed by atoms with E-state index in [2.05, 4.69) is 4.72 Å². The van der Waals surface area contributed by atoms with Gasteiger partial charge in [-0.1, -0.05) is 18.2 Å². The number of thiophene rings is 1. The van der Waals surface area contributed by atoms with Gasteiger partial charge in [0, 0.05) is 28.3 Å². The SMILES string of the molecule is CCOC(=O)c1sc2ccccc2c1S(=O)(=O)Nc1cc(OC)cc(OC)c1. The lowest BCUT2D eigenvalue weighted by Gasteiger charge is -2.12. The first kappa shape index (κ1) is 20.0. The Morgan fingerprint density at radius 1 is 1.07 bits per heavy atom. The molecule has 0 saturated heterocycles. The van der Waals surface area contributed by atoms with E-state index in [9.17, 15) is 13.2 Å². The van der Waals surface area contributed by atoms with Crippen LogP contribution in [0.25, 0.3) is 10.1 Å². The summed E-state index contributed by atoms with van der Waals surface area (Å²) in [4.78, 5) is 12.3. The maximum Gasteiger partial charge on any atom is 0.349 e. The van der Waals surface area contributed by atoms with Crippen molar-refractivity contribution in [2.45, 2.75) is 11.8 Å². The highest BCUT2D eigenvalue weighted by atomic mass is 32.2. The van der Waals surface area contributed by atoms with Crippen LogP contribution in [0.2, 0.25) is 0 Å². The molecule has 1 aromatic heterocycles. The summed E-state index contributed by atoms with van der Waals surface area (Å²) >= 11 is 1.08. The van der Waals surface area contributed by atoms with E-state index in [-0.39, 0.29) is 22.1 Å². The Labute approximate surface area is 166 Å². The second-order valence-corrected chi connectivity index (χ2v) is 8.36. The Morgan fingerprint density at radius 2 is 1.71 bits per heavy atom. The zero-order valence-corrected chi connectivity index (χ0v) is 17.1. The molecule has 0 aliphatic rings. The average molecular weight is 421 g/mol. The van der Waals surface area contributed by atoms with Crippen LogP contribution < -0.4 is 14.2 Å². The molecule has 7 nitrogen and oxygen atoms in total. The number of hydrogen-bond acceptors (Lipinski definition) is 7. The van der Waals surface area contributed by atoms with Crippen molar-refractivity contribution in [3.8, 4) is 11.5 Å². The normalized spacial score (nSPS) is 11.2. The van der Waals surface area contributed by atoms with Gasteiger partial charge in [0.2, 0.25) is 0 Å². The van der Waals surface area contributed by atoms with Crippen molar-refractivity contribution in [2.75, 3.05) is 25.5 Å². The van der Waals surface area contributed by atoms with Gasteiger partial charge >= 0.3 is 5.97 Å². The number of nitrogens with one attached hydrogen (secondary N) is 1. The molecule has 3 aromatic rings. The Hall–Kier alpha value is -2.78. The van der Waals surface area contributed by atoms with Crippen LogP contribution in [0.15, 0.2) is 47.4 Å². The van der Waals surface area contributed by atoms with Crippen molar-refractivity contribution >= 4 is 43.1 Å². The van der Waals surface area contributed by atoms with Crippen LogP contribution in [0, 0.1) is 0 Å². The summed E-state index contributed by atoms with van der Waals surface area (Å²) in [5.41, 5.74) is 0.251. The standard InChI is InChI=1S/C19H19NO6S2/c1-4-26-19(21)17-18(15-7-5-6-8-16(15)27-17)28(22,23)20-12-9-13(24-2)11-14(10-12)25-3/h5-11,20H,4H2,1-3H3. The van der Waals surface area contributed by atoms with Crippen molar-refractivity contribution in [1.29, 1.82) is 0 Å². The van der Waals surface area contributed by atoms with E-state index >= 15 is 0 Å². The monoisotopic (exact) mass is 421 g/mol. The van der Waals surface area contributed by atoms with Gasteiger partial charge in [-0.25, -0.2) is 13.2 Å². The van der Waals surface area contributed by atoms with Gasteiger partial charge < -0.3 is 14.2 Å². The van der Waals surface area contributed by atoms with E-state index < -0.39 is 16.0 Å². The Bertz CT molecular complexity index is 1100. The number of benzene rings is 2. The number of hydrogen-bond donors (Lipinski definition) is 1. The molecule has 0 unspecified atom stereocenters. The van der Waals surface area contributed by atoms with Gasteiger partial charge in [0.25, 0.3) is 10.0 Å². The molecule has 148 valence electrons. The molecule has 0 saturated carbocycles. The van der Waals surface area contributed by atoms with Crippen LogP contribution >= 0.6 is 11.3 Å². The van der Waals surface area contributed by atoms with Crippen LogP contribution in [-0.2, 0) is 14.8 Å². The molecule has 2 aromatic carbocycles. The maximum absolute atomic E-state index is 13.2. The van der Waals surface area contributed by atoms with Crippen molar-refractivity contribution in [1.82, 2.24) is 0 Å². The molecule has 0 atom stereocenters. The van der Waals surface area contributed by atoms with Gasteiger partial charge in [-0.05, 0) is 13.0 Å². The summed E-state index contributed by atoms with van der Waals surface area (Å²) in [6, 6.07) is 11.6. The van der Waals surface area contributed by atoms with Gasteiger partial charge in [-0.3, -0.25) is 4.72 Å². The zero-order chi connectivity index (χ0) is 20.3. The number of esters is 1. The minimum atomic E-state index is -4.09. The quantitative estimate of drug-likeness (QED) is 0.582. The summed E-state index contributed by atoms with van der Waals surface area (Å²) in [6.07, 6.45) is 0. The summed E-state index contributed by atoms with van der Waals surface area (Å²) in [5.74, 6) is 0.183. The van der Waals surface area contributed by atoms with Crippen molar-refractivity contribution in [3.05, 3.63) is 47.3 Å². The number of carbonyl (C=O) groups excluding carboxylic acids is 1. The van der Waals surface area contributed by atoms with Crippen LogP contribution in [0.1, 0.15) is 16.6 Å². The molecule has 1 heterocycles. The summed E-state index contributed by atoms with van der Waals surface area (Å²) in [5, 5.41) is 0.456. The van der Waals surface area contributed by atoms with Crippen LogP contribution in [-0.4, -0.2) is 35.2 Å². The molecule has 0 aliphatic carbocycles. The summed E-state index contributed by atoms with van der Waals surface area (Å²) in [7, 11) is -1.15. The largest absolute Gasteiger partial charge is 0.497 e. The lowest BCUT2D eigenvalue weighted by atomic mass is 10.2. The first-order valence-electron chi connectivity index (χ1n) is 8.34. The molecular formula is C19H19NO6S2. The maximum atomic E-state index is 13.2. The third kappa shape index (κ3) is 3.90. The molecule has 9 heteroatoms. The van der Waals surface area contributed by atoms with E-state index in [1.54, 1.807) is 37.3 Å². The van der Waals surface area contributed by atoms with E-state index in [4.69, 9.17) is 14.2 Å². The van der Waals surface area contributed by atoms with Gasteiger partial charge in [0.1, 0.15) is 21.3 Å². The molecule has 0 amide bonds. The van der Waals surface area contributed by atoms with Gasteiger partial charge in [0.15, 0.2) is 0 Å². The van der Waals surface area contributed by atoms with Crippen LogP contribution in [0.3, 0.4) is 0 Å². The highest BCUT2D eigenvalue weighted by Crippen LogP contribution is 2.37. The number of carbonyl (C=O) groups is 1. The van der Waals surface area contributed by atoms with Crippen molar-refractivity contribution in [3.63, 3.8) is 0 Å². The van der Waals surface area contributed by atoms with Crippen LogP contribution in [0.5, 0.6) is 11.5 Å². The zero-order valence-electron chi connectivity index (χ0n) is 15.5. The molecular weight excluding hydrogens is 402 g/mol. The molecule has 1 N–H and O–H groups in total. The molecule has 0 radical (unpaired) electrons. The topological polar surface area (TPSA) is 90.9 Å². The third-order valence-corrected chi connectivity index (χ3v) is 6.63. The Morgan fingerprint density at radius 3 is 2.32 bits per heavy atom. The Kier molecular flexibility index (Phi) is 5.76. The van der Waals surface area contributed by atoms with Gasteiger partial charge in [-0.15, -0.1) is 11.3 Å². The average Bonchev–Trinajstić information content (AvgIpc) is 3.08. The van der Waals surface area contributed by atoms with E-state index in [0.29, 0.717) is 21.6 Å². The van der Waals surface area contributed by atoms with Crippen LogP contribution in [0.4, 0.5) is 5.69 Å². The summed E-state index contributed by atoms with van der Waals surface area (Å²) < 4.78 is 45.0. The minimum absolute atomic E-state index is 0.0328. The summed E-state index contributed by atoms with van der Waals surface area (Å²) in [6.45, 7) is 1.81. The second-order valence-electron chi connectivity index (χ2n) is 5.68. The van der Waals surface area contributed by atoms with E-state index in [0.717, 1.165) is 11.3 Å². The fourth-order valence-corrected chi connectivity index (χ4v) is 5.53. The molecule has 0 fully saturated rings. The van der Waals surface area contributed by atoms with Gasteiger partial charge in [-0.2, -0.15) is 0 Å². The van der Waals surface area contributed by atoms with Crippen molar-refractivity contribution < 1.29 is 27.4 Å². The predicted octanol–water partition coefficient (Wildman–Crippen LogP) is 3.90. The third-order valence-electron chi connectivity index (χ3n) is 3.88. The fourth-order valence-electron chi connectivity index (χ4n) is 2.69. The van der Waals surface area contributed by atoms with Gasteiger partial charge in [0.05, 0.1) is 26.5 Å². The lowest BCUT2D eigenvalue weighted by molar-refractivity contribution is 0.0528. The number of rotatable bonds is 7. The van der Waals surface area contributed by atoms with Crippen molar-refractivity contribution in [2.24, 2.45) is 0 Å². The molecule has 0 bridgehead atoms. The highest BCUT2D eigenvalue weighted by Gasteiger charge is 2.29. The molecule has 0 aliphatic heterocycles. The highest BCUT2D eigenvalue weighted by molar-refractivity contribution is 7.93. The fraction of sp³-hybridized carbons (Fsp3) is 0.211. The van der Waals surface area contributed by atoms with E-state index in [1.165, 1.54) is 26.4 Å². The first-order chi connectivity index (χ1) is 13.4. The Balaban J connectivity index is 2.13. The molecule has 0 spiro atoms. The minimum Gasteiger partial charge on any atom is -0.497 e. The van der Waals surface area contributed by atoms with E-state index in [1.807, 2.05) is 0 Å². The number of ether oxygens (including phenoxy) is 3. The lowest BCUT2D eigenvalue weighted by Crippen LogP contribution is -2.16. The smallest absolute Gasteiger partial charge is 0.349 e.